The fourth-order valence-corrected chi connectivity index (χ4v) is 8.51. The standard InChI is InChI=1S/C30H42N5O4PS2/c1-3-7-23-21-31-29(32-22-23)34-14-12-26(13-15-34)39-30-33-27-9-8-25(20-28(27)41-30)24-10-16-35(17-11-24)42(36,37)19-6-5-18-40-38-4-2/h8-10,20-22,26,40H,3-7,11-19H2,1-2H3. The molecule has 0 bridgehead atoms. The number of thiazole rings is 1. The fourth-order valence-electron chi connectivity index (χ4n) is 5.35. The minimum atomic E-state index is -3.23. The van der Waals surface area contributed by atoms with Gasteiger partial charge in [0.2, 0.25) is 16.0 Å². The van der Waals surface area contributed by atoms with Crippen LogP contribution in [0.2, 0.25) is 0 Å². The molecule has 0 radical (unpaired) electrons. The van der Waals surface area contributed by atoms with Gasteiger partial charge in [-0.25, -0.2) is 23.4 Å². The maximum absolute atomic E-state index is 12.8. The van der Waals surface area contributed by atoms with E-state index < -0.39 is 10.0 Å². The molecule has 1 aromatic carbocycles. The van der Waals surface area contributed by atoms with Gasteiger partial charge in [0.1, 0.15) is 6.10 Å². The van der Waals surface area contributed by atoms with Gasteiger partial charge in [0, 0.05) is 66.8 Å². The quantitative estimate of drug-likeness (QED) is 0.160. The Morgan fingerprint density at radius 2 is 1.90 bits per heavy atom. The lowest BCUT2D eigenvalue weighted by Crippen LogP contribution is -2.39. The Hall–Kier alpha value is -2.17. The van der Waals surface area contributed by atoms with Crippen molar-refractivity contribution in [1.82, 2.24) is 19.3 Å². The van der Waals surface area contributed by atoms with Crippen LogP contribution in [0.5, 0.6) is 5.19 Å². The first-order valence-electron chi connectivity index (χ1n) is 15.1. The smallest absolute Gasteiger partial charge is 0.274 e. The molecule has 0 spiro atoms. The molecule has 1 atom stereocenters. The monoisotopic (exact) mass is 631 g/mol. The van der Waals surface area contributed by atoms with Crippen molar-refractivity contribution in [2.45, 2.75) is 64.9 Å². The number of aromatic nitrogens is 3. The molecular formula is C30H42N5O4PS2. The van der Waals surface area contributed by atoms with E-state index in [4.69, 9.17) is 14.2 Å². The zero-order chi connectivity index (χ0) is 29.4. The van der Waals surface area contributed by atoms with Crippen LogP contribution in [-0.2, 0) is 21.0 Å². The summed E-state index contributed by atoms with van der Waals surface area (Å²) in [5, 5.41) is 0.706. The number of benzene rings is 1. The molecule has 4 heterocycles. The number of piperidine rings is 1. The Kier molecular flexibility index (Phi) is 11.2. The highest BCUT2D eigenvalue weighted by Crippen LogP contribution is 2.33. The maximum atomic E-state index is 12.8. The number of ether oxygens (including phenoxy) is 1. The van der Waals surface area contributed by atoms with Crippen LogP contribution in [0.4, 0.5) is 5.95 Å². The highest BCUT2D eigenvalue weighted by atomic mass is 32.2. The Balaban J connectivity index is 1.12. The molecule has 3 aromatic rings. The molecule has 1 unspecified atom stereocenters. The van der Waals surface area contributed by atoms with Crippen LogP contribution in [0.3, 0.4) is 0 Å². The van der Waals surface area contributed by atoms with Gasteiger partial charge in [-0.1, -0.05) is 36.8 Å². The summed E-state index contributed by atoms with van der Waals surface area (Å²) in [6.45, 7) is 7.54. The molecule has 2 aromatic heterocycles. The van der Waals surface area contributed by atoms with Gasteiger partial charge in [-0.3, -0.25) is 0 Å². The third-order valence-corrected chi connectivity index (χ3v) is 11.6. The molecule has 5 rings (SSSR count). The summed E-state index contributed by atoms with van der Waals surface area (Å²) >= 11 is 1.58. The van der Waals surface area contributed by atoms with Crippen LogP contribution in [0.1, 0.15) is 63.5 Å². The Morgan fingerprint density at radius 3 is 2.62 bits per heavy atom. The number of unbranched alkanes of at least 4 members (excludes halogenated alkanes) is 1. The summed E-state index contributed by atoms with van der Waals surface area (Å²) in [6, 6.07) is 6.30. The van der Waals surface area contributed by atoms with E-state index in [0.29, 0.717) is 39.9 Å². The Bertz CT molecular complexity index is 1440. The highest BCUT2D eigenvalue weighted by molar-refractivity contribution is 7.89. The van der Waals surface area contributed by atoms with E-state index in [1.54, 1.807) is 15.6 Å². The van der Waals surface area contributed by atoms with Crippen molar-refractivity contribution in [3.63, 3.8) is 0 Å². The number of rotatable bonds is 14. The van der Waals surface area contributed by atoms with Crippen LogP contribution < -0.4 is 9.64 Å². The molecule has 1 saturated heterocycles. The number of aryl methyl sites for hydroxylation is 1. The molecule has 0 aliphatic carbocycles. The molecular weight excluding hydrogens is 589 g/mol. The average molecular weight is 632 g/mol. The molecule has 228 valence electrons. The van der Waals surface area contributed by atoms with Gasteiger partial charge in [0.15, 0.2) is 0 Å². The lowest BCUT2D eigenvalue weighted by atomic mass is 10.0. The Labute approximate surface area is 255 Å². The highest BCUT2D eigenvalue weighted by Gasteiger charge is 2.25. The predicted molar refractivity (Wildman–Crippen MR) is 174 cm³/mol. The molecule has 42 heavy (non-hydrogen) atoms. The zero-order valence-corrected chi connectivity index (χ0v) is 27.3. The third kappa shape index (κ3) is 8.26. The van der Waals surface area contributed by atoms with Gasteiger partial charge in [-0.2, -0.15) is 4.31 Å². The maximum Gasteiger partial charge on any atom is 0.274 e. The van der Waals surface area contributed by atoms with Gasteiger partial charge in [-0.15, -0.1) is 0 Å². The van der Waals surface area contributed by atoms with Crippen LogP contribution in [0.25, 0.3) is 15.8 Å². The lowest BCUT2D eigenvalue weighted by Gasteiger charge is -2.31. The van der Waals surface area contributed by atoms with Gasteiger partial charge in [0.25, 0.3) is 5.19 Å². The van der Waals surface area contributed by atoms with E-state index in [1.165, 1.54) is 11.1 Å². The van der Waals surface area contributed by atoms with Crippen molar-refractivity contribution >= 4 is 51.9 Å². The topological polar surface area (TPSA) is 97.8 Å². The van der Waals surface area contributed by atoms with Crippen molar-refractivity contribution in [2.24, 2.45) is 0 Å². The van der Waals surface area contributed by atoms with E-state index in [2.05, 4.69) is 40.0 Å². The van der Waals surface area contributed by atoms with Gasteiger partial charge >= 0.3 is 0 Å². The Morgan fingerprint density at radius 1 is 1.10 bits per heavy atom. The van der Waals surface area contributed by atoms with Crippen molar-refractivity contribution in [3.05, 3.63) is 47.8 Å². The number of anilines is 1. The van der Waals surface area contributed by atoms with Gasteiger partial charge in [0.05, 0.1) is 16.0 Å². The lowest BCUT2D eigenvalue weighted by molar-refractivity contribution is 0.170. The molecule has 0 amide bonds. The van der Waals surface area contributed by atoms with Crippen molar-refractivity contribution in [2.75, 3.05) is 49.6 Å². The first-order valence-corrected chi connectivity index (χ1v) is 18.6. The number of nitrogens with zero attached hydrogens (tertiary/aromatic N) is 5. The number of hydrogen-bond acceptors (Lipinski definition) is 9. The first kappa shape index (κ1) is 31.3. The molecule has 9 nitrogen and oxygen atoms in total. The van der Waals surface area contributed by atoms with Crippen LogP contribution >= 0.6 is 20.1 Å². The van der Waals surface area contributed by atoms with Crippen LogP contribution in [0.15, 0.2) is 36.7 Å². The summed E-state index contributed by atoms with van der Waals surface area (Å²) in [5.74, 6) is 1.01. The fraction of sp³-hybridized carbons (Fsp3) is 0.567. The summed E-state index contributed by atoms with van der Waals surface area (Å²) in [6.07, 6.45) is 13.2. The largest absolute Gasteiger partial charge is 0.467 e. The minimum absolute atomic E-state index is 0.125. The SMILES string of the molecule is CCCc1cnc(N2CCC(Oc3nc4ccc(C5=CCN(S(=O)(=O)CCCCPOCC)CC5)cc4s3)CC2)nc1. The van der Waals surface area contributed by atoms with E-state index in [9.17, 15) is 8.42 Å². The first-order chi connectivity index (χ1) is 20.4. The van der Waals surface area contributed by atoms with Crippen molar-refractivity contribution < 1.29 is 17.7 Å². The minimum Gasteiger partial charge on any atom is -0.467 e. The summed E-state index contributed by atoms with van der Waals surface area (Å²) in [5.41, 5.74) is 4.44. The van der Waals surface area contributed by atoms with E-state index in [0.717, 1.165) is 79.7 Å². The normalized spacial score (nSPS) is 17.4. The summed E-state index contributed by atoms with van der Waals surface area (Å²) < 4.78 is 40.0. The third-order valence-electron chi connectivity index (χ3n) is 7.71. The second-order valence-corrected chi connectivity index (χ2v) is 15.0. The number of hydrogen-bond donors (Lipinski definition) is 0. The number of sulfonamides is 1. The average Bonchev–Trinajstić information content (AvgIpc) is 3.41. The molecule has 0 N–H and O–H groups in total. The molecule has 2 aliphatic heterocycles. The van der Waals surface area contributed by atoms with E-state index in [1.807, 2.05) is 25.4 Å². The zero-order valence-electron chi connectivity index (χ0n) is 24.6. The molecule has 2 aliphatic rings. The van der Waals surface area contributed by atoms with Crippen molar-refractivity contribution in [3.8, 4) is 5.19 Å². The summed E-state index contributed by atoms with van der Waals surface area (Å²) in [4.78, 5) is 16.1. The van der Waals surface area contributed by atoms with Crippen LogP contribution in [0, 0.1) is 0 Å². The predicted octanol–water partition coefficient (Wildman–Crippen LogP) is 5.92. The second kappa shape index (κ2) is 15.0. The second-order valence-electron chi connectivity index (χ2n) is 10.8. The van der Waals surface area contributed by atoms with E-state index in [-0.39, 0.29) is 11.9 Å². The van der Waals surface area contributed by atoms with E-state index >= 15 is 0 Å². The molecule has 0 saturated carbocycles. The molecule has 1 fully saturated rings. The van der Waals surface area contributed by atoms with Crippen LogP contribution in [-0.4, -0.2) is 78.5 Å². The van der Waals surface area contributed by atoms with Gasteiger partial charge in [-0.05, 0) is 67.6 Å². The molecule has 12 heteroatoms. The number of fused-ring (bicyclic) bond motifs is 1. The summed E-state index contributed by atoms with van der Waals surface area (Å²) in [7, 11) is -2.77. The van der Waals surface area contributed by atoms with Gasteiger partial charge < -0.3 is 14.2 Å². The van der Waals surface area contributed by atoms with Crippen molar-refractivity contribution in [1.29, 1.82) is 0 Å².